The highest BCUT2D eigenvalue weighted by Crippen LogP contribution is 2.32. The van der Waals surface area contributed by atoms with Gasteiger partial charge in [-0.1, -0.05) is 35.3 Å². The van der Waals surface area contributed by atoms with Gasteiger partial charge in [-0.25, -0.2) is 4.79 Å². The molecule has 0 aliphatic heterocycles. The molecule has 4 rings (SSSR count). The quantitative estimate of drug-likeness (QED) is 0.230. The monoisotopic (exact) mass is 485 g/mol. The summed E-state index contributed by atoms with van der Waals surface area (Å²) in [5, 5.41) is 19.9. The van der Waals surface area contributed by atoms with E-state index in [0.717, 1.165) is 22.9 Å². The predicted octanol–water partition coefficient (Wildman–Crippen LogP) is 6.75. The van der Waals surface area contributed by atoms with Crippen molar-refractivity contribution in [1.29, 1.82) is 0 Å². The van der Waals surface area contributed by atoms with E-state index >= 15 is 0 Å². The number of carbonyl (C=O) groups is 1. The van der Waals surface area contributed by atoms with Gasteiger partial charge in [0.2, 0.25) is 0 Å². The Morgan fingerprint density at radius 3 is 2.53 bits per heavy atom. The molecule has 0 radical (unpaired) electrons. The van der Waals surface area contributed by atoms with Crippen LogP contribution in [0.1, 0.15) is 12.7 Å². The zero-order chi connectivity index (χ0) is 22.7. The summed E-state index contributed by atoms with van der Waals surface area (Å²) >= 11 is 13.0. The number of rotatable bonds is 7. The number of furan rings is 1. The molecule has 0 fully saturated rings. The summed E-state index contributed by atoms with van der Waals surface area (Å²) in [6.07, 6.45) is 1.47. The van der Waals surface area contributed by atoms with Gasteiger partial charge in [0, 0.05) is 33.8 Å². The minimum atomic E-state index is -1.09. The molecular weight excluding hydrogens is 469 g/mol. The molecule has 1 N–H and O–H groups in total. The lowest BCUT2D eigenvalue weighted by molar-refractivity contribution is -0.131. The highest BCUT2D eigenvalue weighted by atomic mass is 35.5. The third-order valence-electron chi connectivity index (χ3n) is 4.56. The lowest BCUT2D eigenvalue weighted by atomic mass is 10.2. The Bertz CT molecular complexity index is 1300. The van der Waals surface area contributed by atoms with Crippen molar-refractivity contribution in [3.8, 4) is 22.7 Å². The van der Waals surface area contributed by atoms with Gasteiger partial charge in [-0.3, -0.25) is 0 Å². The molecule has 0 aliphatic rings. The fourth-order valence-electron chi connectivity index (χ4n) is 3.05. The molecule has 32 heavy (non-hydrogen) atoms. The second kappa shape index (κ2) is 9.65. The number of halogens is 2. The Kier molecular flexibility index (Phi) is 6.69. The Morgan fingerprint density at radius 2 is 1.84 bits per heavy atom. The van der Waals surface area contributed by atoms with Gasteiger partial charge in [0.15, 0.2) is 11.0 Å². The van der Waals surface area contributed by atoms with Crippen molar-refractivity contribution < 1.29 is 14.3 Å². The molecule has 0 aliphatic carbocycles. The maximum absolute atomic E-state index is 11.9. The summed E-state index contributed by atoms with van der Waals surface area (Å²) in [6.45, 7) is 2.51. The summed E-state index contributed by atoms with van der Waals surface area (Å²) in [5.41, 5.74) is 1.65. The van der Waals surface area contributed by atoms with Gasteiger partial charge < -0.3 is 14.1 Å². The van der Waals surface area contributed by atoms with E-state index in [1.54, 1.807) is 36.4 Å². The number of hydrogen-bond donors (Lipinski definition) is 1. The fraction of sp³-hybridized carbons (Fsp3) is 0.0870. The smallest absolute Gasteiger partial charge is 0.342 e. The average Bonchev–Trinajstić information content (AvgIpc) is 3.41. The van der Waals surface area contributed by atoms with E-state index in [0.29, 0.717) is 39.1 Å². The molecule has 2 aromatic heterocycles. The van der Waals surface area contributed by atoms with Crippen LogP contribution in [0.3, 0.4) is 0 Å². The SMILES string of the molecule is CCn1c(S/C(=C\c2ccc(-c3cccc(Cl)c3)o2)C(=O)O)nnc1-c1ccc(Cl)cc1. The fourth-order valence-corrected chi connectivity index (χ4v) is 4.23. The molecule has 0 atom stereocenters. The first-order chi connectivity index (χ1) is 15.4. The maximum Gasteiger partial charge on any atom is 0.342 e. The molecule has 2 aromatic carbocycles. The first kappa shape index (κ1) is 22.2. The van der Waals surface area contributed by atoms with Crippen LogP contribution in [0.4, 0.5) is 0 Å². The van der Waals surface area contributed by atoms with E-state index in [2.05, 4.69) is 10.2 Å². The molecule has 0 bridgehead atoms. The normalized spacial score (nSPS) is 11.7. The van der Waals surface area contributed by atoms with Gasteiger partial charge in [-0.15, -0.1) is 10.2 Å². The molecule has 0 unspecified atom stereocenters. The van der Waals surface area contributed by atoms with Crippen molar-refractivity contribution in [1.82, 2.24) is 14.8 Å². The first-order valence-electron chi connectivity index (χ1n) is 9.62. The Hall–Kier alpha value is -3.00. The number of benzene rings is 2. The number of nitrogens with zero attached hydrogens (tertiary/aromatic N) is 3. The second-order valence-corrected chi connectivity index (χ2v) is 8.57. The molecule has 0 saturated carbocycles. The average molecular weight is 486 g/mol. The zero-order valence-electron chi connectivity index (χ0n) is 16.8. The minimum absolute atomic E-state index is 0.0572. The summed E-state index contributed by atoms with van der Waals surface area (Å²) in [7, 11) is 0. The van der Waals surface area contributed by atoms with Gasteiger partial charge in [-0.2, -0.15) is 0 Å². The van der Waals surface area contributed by atoms with Crippen LogP contribution in [-0.4, -0.2) is 25.8 Å². The predicted molar refractivity (Wildman–Crippen MR) is 127 cm³/mol. The van der Waals surface area contributed by atoms with Crippen molar-refractivity contribution in [3.05, 3.63) is 81.4 Å². The summed E-state index contributed by atoms with van der Waals surface area (Å²) in [4.78, 5) is 12.0. The van der Waals surface area contributed by atoms with Crippen LogP contribution >= 0.6 is 35.0 Å². The second-order valence-electron chi connectivity index (χ2n) is 6.69. The molecule has 9 heteroatoms. The molecule has 0 amide bonds. The van der Waals surface area contributed by atoms with Crippen LogP contribution in [0, 0.1) is 0 Å². The zero-order valence-corrected chi connectivity index (χ0v) is 19.2. The van der Waals surface area contributed by atoms with Crippen molar-refractivity contribution in [2.45, 2.75) is 18.6 Å². The lowest BCUT2D eigenvalue weighted by Gasteiger charge is -2.07. The van der Waals surface area contributed by atoms with E-state index in [1.807, 2.05) is 35.8 Å². The topological polar surface area (TPSA) is 81.2 Å². The van der Waals surface area contributed by atoms with E-state index in [-0.39, 0.29) is 4.91 Å². The third kappa shape index (κ3) is 4.91. The highest BCUT2D eigenvalue weighted by molar-refractivity contribution is 8.04. The Morgan fingerprint density at radius 1 is 1.06 bits per heavy atom. The molecule has 6 nitrogen and oxygen atoms in total. The lowest BCUT2D eigenvalue weighted by Crippen LogP contribution is -2.02. The van der Waals surface area contributed by atoms with Gasteiger partial charge in [0.05, 0.1) is 0 Å². The number of carboxylic acids is 1. The number of thioether (sulfide) groups is 1. The van der Waals surface area contributed by atoms with E-state index in [4.69, 9.17) is 27.6 Å². The molecule has 162 valence electrons. The van der Waals surface area contributed by atoms with Crippen molar-refractivity contribution >= 4 is 47.0 Å². The van der Waals surface area contributed by atoms with Crippen molar-refractivity contribution in [3.63, 3.8) is 0 Å². The molecular formula is C23H17Cl2N3O3S. The number of aliphatic carboxylic acids is 1. The first-order valence-corrected chi connectivity index (χ1v) is 11.2. The number of carboxylic acid groups (broad SMARTS) is 1. The third-order valence-corrected chi connectivity index (χ3v) is 6.04. The van der Waals surface area contributed by atoms with Crippen LogP contribution in [0.2, 0.25) is 10.0 Å². The van der Waals surface area contributed by atoms with Gasteiger partial charge in [-0.05, 0) is 67.2 Å². The van der Waals surface area contributed by atoms with E-state index in [9.17, 15) is 9.90 Å². The van der Waals surface area contributed by atoms with Crippen LogP contribution in [0.25, 0.3) is 28.8 Å². The molecule has 0 saturated heterocycles. The summed E-state index contributed by atoms with van der Waals surface area (Å²) in [5.74, 6) is 0.549. The Balaban J connectivity index is 1.63. The van der Waals surface area contributed by atoms with Crippen LogP contribution in [-0.2, 0) is 11.3 Å². The van der Waals surface area contributed by atoms with Gasteiger partial charge in [0.25, 0.3) is 0 Å². The van der Waals surface area contributed by atoms with Crippen LogP contribution in [0.15, 0.2) is 75.1 Å². The van der Waals surface area contributed by atoms with E-state index in [1.165, 1.54) is 6.08 Å². The number of hydrogen-bond acceptors (Lipinski definition) is 5. The molecule has 0 spiro atoms. The number of aromatic nitrogens is 3. The minimum Gasteiger partial charge on any atom is -0.477 e. The van der Waals surface area contributed by atoms with Crippen LogP contribution in [0.5, 0.6) is 0 Å². The van der Waals surface area contributed by atoms with Crippen LogP contribution < -0.4 is 0 Å². The largest absolute Gasteiger partial charge is 0.477 e. The standard InChI is InChI=1S/C23H17Cl2N3O3S/c1-2-28-21(14-6-8-16(24)9-7-14)26-27-23(28)32-20(22(29)30)13-18-10-11-19(31-18)15-4-3-5-17(25)12-15/h3-13H,2H2,1H3,(H,29,30)/b20-13-. The summed E-state index contributed by atoms with van der Waals surface area (Å²) < 4.78 is 7.67. The molecule has 4 aromatic rings. The van der Waals surface area contributed by atoms with Gasteiger partial charge in [0.1, 0.15) is 16.4 Å². The van der Waals surface area contributed by atoms with Crippen molar-refractivity contribution in [2.24, 2.45) is 0 Å². The highest BCUT2D eigenvalue weighted by Gasteiger charge is 2.19. The molecule has 2 heterocycles. The Labute approximate surface area is 198 Å². The van der Waals surface area contributed by atoms with Crippen molar-refractivity contribution in [2.75, 3.05) is 0 Å². The van der Waals surface area contributed by atoms with Gasteiger partial charge >= 0.3 is 5.97 Å². The summed E-state index contributed by atoms with van der Waals surface area (Å²) in [6, 6.07) is 18.0. The maximum atomic E-state index is 11.9. The van der Waals surface area contributed by atoms with E-state index < -0.39 is 5.97 Å².